The molecule has 2 aromatic heterocycles. The quantitative estimate of drug-likeness (QED) is 0.496. The molecule has 10 heteroatoms. The number of aromatic nitrogens is 4. The average molecular weight is 276 g/mol. The molecule has 0 aliphatic rings. The maximum Gasteiger partial charge on any atom is 0.390 e. The van der Waals surface area contributed by atoms with E-state index >= 15 is 0 Å². The Labute approximate surface area is 109 Å². The van der Waals surface area contributed by atoms with Crippen molar-refractivity contribution in [3.63, 3.8) is 0 Å². The van der Waals surface area contributed by atoms with Crippen LogP contribution in [0.2, 0.25) is 0 Å². The Morgan fingerprint density at radius 3 is 2.40 bits per heavy atom. The zero-order valence-corrected chi connectivity index (χ0v) is 9.45. The summed E-state index contributed by atoms with van der Waals surface area (Å²) in [6.07, 6.45) is 6.34. The molecule has 2 rings (SSSR count). The maximum absolute atomic E-state index is 11.4. The van der Waals surface area contributed by atoms with Crippen LogP contribution in [0.4, 0.5) is 0 Å². The molecule has 0 aromatic carbocycles. The minimum absolute atomic E-state index is 0.229. The van der Waals surface area contributed by atoms with Gasteiger partial charge in [0.15, 0.2) is 11.3 Å². The van der Waals surface area contributed by atoms with Gasteiger partial charge in [0.1, 0.15) is 11.6 Å². The number of fused-ring (bicyclic) bond motifs is 1. The van der Waals surface area contributed by atoms with Gasteiger partial charge in [-0.2, -0.15) is 0 Å². The van der Waals surface area contributed by atoms with Gasteiger partial charge < -0.3 is 19.9 Å². The van der Waals surface area contributed by atoms with Gasteiger partial charge in [-0.3, -0.25) is 0 Å². The fourth-order valence-electron chi connectivity index (χ4n) is 1.34. The monoisotopic (exact) mass is 276 g/mol. The van der Waals surface area contributed by atoms with Crippen molar-refractivity contribution in [2.45, 2.75) is 0 Å². The lowest BCUT2D eigenvalue weighted by molar-refractivity contribution is 0.0665. The van der Waals surface area contributed by atoms with Crippen molar-refractivity contribution in [1.29, 1.82) is 0 Å². The van der Waals surface area contributed by atoms with E-state index in [1.807, 2.05) is 0 Å². The van der Waals surface area contributed by atoms with E-state index in [1.165, 1.54) is 0 Å². The molecule has 0 bridgehead atoms. The molecular formula is C10H4N4O6. The number of terminal acetylenes is 1. The molecule has 100 valence electrons. The molecule has 0 atom stereocenters. The molecule has 2 heterocycles. The summed E-state index contributed by atoms with van der Waals surface area (Å²) >= 11 is 0. The van der Waals surface area contributed by atoms with E-state index in [1.54, 1.807) is 6.11 Å². The summed E-state index contributed by atoms with van der Waals surface area (Å²) in [5, 5.41) is 17.8. The van der Waals surface area contributed by atoms with Crippen molar-refractivity contribution >= 4 is 29.1 Å². The van der Waals surface area contributed by atoms with Crippen LogP contribution in [0, 0.1) is 12.5 Å². The molecule has 20 heavy (non-hydrogen) atoms. The third-order valence-electron chi connectivity index (χ3n) is 2.09. The third kappa shape index (κ3) is 2.10. The number of esters is 1. The molecule has 0 saturated carbocycles. The predicted octanol–water partition coefficient (Wildman–Crippen LogP) is -0.503. The fourth-order valence-corrected chi connectivity index (χ4v) is 1.34. The second-order valence-corrected chi connectivity index (χ2v) is 3.30. The lowest BCUT2D eigenvalue weighted by atomic mass is 10.3. The van der Waals surface area contributed by atoms with Crippen LogP contribution in [0.25, 0.3) is 11.2 Å². The number of nitrogens with zero attached hydrogens (tertiary/aromatic N) is 3. The minimum atomic E-state index is -1.51. The van der Waals surface area contributed by atoms with Gasteiger partial charge in [-0.15, -0.1) is 0 Å². The first-order chi connectivity index (χ1) is 9.43. The highest BCUT2D eigenvalue weighted by atomic mass is 16.5. The summed E-state index contributed by atoms with van der Waals surface area (Å²) < 4.78 is 4.18. The Kier molecular flexibility index (Phi) is 3.02. The summed E-state index contributed by atoms with van der Waals surface area (Å²) in [6.45, 7) is 0. The number of carboxylic acid groups (broad SMARTS) is 2. The minimum Gasteiger partial charge on any atom is -0.476 e. The zero-order valence-electron chi connectivity index (χ0n) is 9.45. The van der Waals surface area contributed by atoms with Crippen LogP contribution in [0.1, 0.15) is 31.7 Å². The number of ether oxygens (including phenoxy) is 1. The largest absolute Gasteiger partial charge is 0.476 e. The van der Waals surface area contributed by atoms with Gasteiger partial charge in [0.2, 0.25) is 11.6 Å². The summed E-state index contributed by atoms with van der Waals surface area (Å²) in [5.74, 6) is -5.27. The standard InChI is InChI=1S/C10H4N4O6/c1-2-20-10(19)7-12-4(8(15)16)3-5(14-7)13-6(11-3)9(17)18/h1H,(H,15,16)(H,17,18)(H,11,12,13,14). The fraction of sp³-hybridized carbons (Fsp3) is 0. The molecule has 2 aromatic rings. The number of H-pyrrole nitrogens is 1. The molecule has 0 fully saturated rings. The smallest absolute Gasteiger partial charge is 0.390 e. The second kappa shape index (κ2) is 4.65. The summed E-state index contributed by atoms with van der Waals surface area (Å²) in [6, 6.07) is 0. The van der Waals surface area contributed by atoms with Crippen molar-refractivity contribution in [1.82, 2.24) is 19.9 Å². The number of aromatic carboxylic acids is 2. The Morgan fingerprint density at radius 2 is 1.85 bits per heavy atom. The SMILES string of the molecule is C#COC(=O)c1nc(C(=O)O)c2[nH]c(C(=O)O)nc2n1. The molecular weight excluding hydrogens is 272 g/mol. The molecule has 0 radical (unpaired) electrons. The zero-order chi connectivity index (χ0) is 14.9. The number of carboxylic acids is 2. The number of rotatable bonds is 3. The van der Waals surface area contributed by atoms with Crippen LogP contribution in [-0.2, 0) is 4.74 Å². The average Bonchev–Trinajstić information content (AvgIpc) is 2.81. The second-order valence-electron chi connectivity index (χ2n) is 3.30. The van der Waals surface area contributed by atoms with Gasteiger partial charge >= 0.3 is 17.9 Å². The molecule has 0 aliphatic heterocycles. The van der Waals surface area contributed by atoms with Crippen LogP contribution in [0.5, 0.6) is 0 Å². The van der Waals surface area contributed by atoms with Crippen LogP contribution in [-0.4, -0.2) is 48.1 Å². The summed E-state index contributed by atoms with van der Waals surface area (Å²) in [4.78, 5) is 46.0. The van der Waals surface area contributed by atoms with Crippen LogP contribution in [0.15, 0.2) is 0 Å². The van der Waals surface area contributed by atoms with Crippen LogP contribution in [0.3, 0.4) is 0 Å². The Bertz CT molecular complexity index is 787. The normalized spacial score (nSPS) is 9.95. The number of aromatic amines is 1. The number of hydrogen-bond acceptors (Lipinski definition) is 7. The highest BCUT2D eigenvalue weighted by molar-refractivity contribution is 6.01. The van der Waals surface area contributed by atoms with Gasteiger partial charge in [0.25, 0.3) is 0 Å². The van der Waals surface area contributed by atoms with Crippen molar-refractivity contribution in [2.24, 2.45) is 0 Å². The Morgan fingerprint density at radius 1 is 1.15 bits per heavy atom. The third-order valence-corrected chi connectivity index (χ3v) is 2.09. The van der Waals surface area contributed by atoms with Crippen molar-refractivity contribution in [2.75, 3.05) is 0 Å². The van der Waals surface area contributed by atoms with E-state index in [0.29, 0.717) is 0 Å². The van der Waals surface area contributed by atoms with E-state index < -0.39 is 35.3 Å². The topological polar surface area (TPSA) is 155 Å². The number of carbonyl (C=O) groups is 3. The molecule has 10 nitrogen and oxygen atoms in total. The number of carbonyl (C=O) groups excluding carboxylic acids is 1. The highest BCUT2D eigenvalue weighted by Crippen LogP contribution is 2.14. The molecule has 0 amide bonds. The number of nitrogens with one attached hydrogen (secondary N) is 1. The van der Waals surface area contributed by atoms with Crippen LogP contribution >= 0.6 is 0 Å². The van der Waals surface area contributed by atoms with Gasteiger partial charge in [0, 0.05) is 0 Å². The number of hydrogen-bond donors (Lipinski definition) is 3. The van der Waals surface area contributed by atoms with E-state index in [4.69, 9.17) is 16.6 Å². The molecule has 0 aliphatic carbocycles. The van der Waals surface area contributed by atoms with Gasteiger partial charge in [-0.05, 0) is 0 Å². The first-order valence-corrected chi connectivity index (χ1v) is 4.85. The van der Waals surface area contributed by atoms with Crippen molar-refractivity contribution in [3.05, 3.63) is 17.3 Å². The molecule has 0 saturated heterocycles. The van der Waals surface area contributed by atoms with Crippen molar-refractivity contribution < 1.29 is 29.3 Å². The molecule has 3 N–H and O–H groups in total. The van der Waals surface area contributed by atoms with Gasteiger partial charge in [-0.25, -0.2) is 29.3 Å². The Hall–Kier alpha value is -3.48. The number of imidazole rings is 1. The first kappa shape index (κ1) is 13.0. The molecule has 0 unspecified atom stereocenters. The molecule has 0 spiro atoms. The lowest BCUT2D eigenvalue weighted by Crippen LogP contribution is -2.12. The summed E-state index contributed by atoms with van der Waals surface area (Å²) in [5.41, 5.74) is -1.16. The van der Waals surface area contributed by atoms with Crippen molar-refractivity contribution in [3.8, 4) is 12.5 Å². The maximum atomic E-state index is 11.4. The summed E-state index contributed by atoms with van der Waals surface area (Å²) in [7, 11) is 0. The van der Waals surface area contributed by atoms with Gasteiger partial charge in [-0.1, -0.05) is 6.42 Å². The lowest BCUT2D eigenvalue weighted by Gasteiger charge is -1.99. The van der Waals surface area contributed by atoms with E-state index in [0.717, 1.165) is 0 Å². The van der Waals surface area contributed by atoms with E-state index in [9.17, 15) is 14.4 Å². The van der Waals surface area contributed by atoms with E-state index in [-0.39, 0.29) is 11.2 Å². The van der Waals surface area contributed by atoms with Crippen LogP contribution < -0.4 is 0 Å². The highest BCUT2D eigenvalue weighted by Gasteiger charge is 2.23. The van der Waals surface area contributed by atoms with Gasteiger partial charge in [0.05, 0.1) is 0 Å². The first-order valence-electron chi connectivity index (χ1n) is 4.85. The predicted molar refractivity (Wildman–Crippen MR) is 59.9 cm³/mol. The van der Waals surface area contributed by atoms with E-state index in [2.05, 4.69) is 24.7 Å². The Balaban J connectivity index is 2.71.